The topological polar surface area (TPSA) is 160 Å². The molecule has 1 aliphatic carbocycles. The number of carbonyl (C=O) groups is 2. The van der Waals surface area contributed by atoms with Crippen molar-refractivity contribution in [1.82, 2.24) is 9.55 Å². The van der Waals surface area contributed by atoms with Crippen LogP contribution in [0.25, 0.3) is 0 Å². The molecule has 2 fully saturated rings. The van der Waals surface area contributed by atoms with Gasteiger partial charge in [0.2, 0.25) is 5.91 Å². The van der Waals surface area contributed by atoms with Gasteiger partial charge in [-0.15, -0.1) is 0 Å². The van der Waals surface area contributed by atoms with E-state index in [9.17, 15) is 29.7 Å². The number of amides is 1. The molecule has 2 unspecified atom stereocenters. The van der Waals surface area contributed by atoms with Crippen molar-refractivity contribution in [3.05, 3.63) is 22.7 Å². The monoisotopic (exact) mass is 453 g/mol. The van der Waals surface area contributed by atoms with Crippen molar-refractivity contribution in [2.45, 2.75) is 70.0 Å². The summed E-state index contributed by atoms with van der Waals surface area (Å²) >= 11 is 0. The molecule has 1 aromatic rings. The number of unbranched alkanes of at least 4 members (excludes halogenated alkanes) is 1. The Morgan fingerprint density at radius 2 is 1.97 bits per heavy atom. The van der Waals surface area contributed by atoms with Crippen LogP contribution in [0.5, 0.6) is 0 Å². The van der Waals surface area contributed by atoms with Gasteiger partial charge in [0, 0.05) is 6.20 Å². The molecule has 0 bridgehead atoms. The van der Waals surface area contributed by atoms with Crippen LogP contribution in [-0.2, 0) is 19.1 Å². The molecule has 0 radical (unpaired) electrons. The van der Waals surface area contributed by atoms with Gasteiger partial charge in [-0.05, 0) is 25.3 Å². The number of nitrogens with zero attached hydrogens (tertiary/aromatic N) is 2. The summed E-state index contributed by atoms with van der Waals surface area (Å²) in [4.78, 5) is 41.6. The Balaban J connectivity index is 1.67. The Morgan fingerprint density at radius 3 is 2.59 bits per heavy atom. The molecule has 1 amide bonds. The van der Waals surface area contributed by atoms with Crippen LogP contribution in [-0.4, -0.2) is 68.3 Å². The Hall–Kier alpha value is -2.34. The SMILES string of the molecule is CCCCOC(=O)C1CCCCC1C(=O)Nc1ccn([C@@H]2O[C@H](CO)[C@@H](O)[C@@H]2O)c(=O)n1. The lowest BCUT2D eigenvalue weighted by atomic mass is 9.78. The largest absolute Gasteiger partial charge is 0.465 e. The van der Waals surface area contributed by atoms with Crippen LogP contribution in [0.4, 0.5) is 5.82 Å². The normalized spacial score (nSPS) is 30.1. The van der Waals surface area contributed by atoms with E-state index in [1.54, 1.807) is 0 Å². The van der Waals surface area contributed by atoms with E-state index in [2.05, 4.69) is 10.3 Å². The Bertz CT molecular complexity index is 860. The average molecular weight is 453 g/mol. The third-order valence-electron chi connectivity index (χ3n) is 6.02. The zero-order valence-corrected chi connectivity index (χ0v) is 18.1. The maximum atomic E-state index is 12.8. The van der Waals surface area contributed by atoms with E-state index in [1.165, 1.54) is 12.3 Å². The number of aromatic nitrogens is 2. The van der Waals surface area contributed by atoms with E-state index in [1.807, 2.05) is 6.92 Å². The summed E-state index contributed by atoms with van der Waals surface area (Å²) in [5.41, 5.74) is -0.809. The van der Waals surface area contributed by atoms with Crippen LogP contribution in [0.1, 0.15) is 51.7 Å². The number of ether oxygens (including phenoxy) is 2. The van der Waals surface area contributed by atoms with Gasteiger partial charge in [-0.2, -0.15) is 4.98 Å². The van der Waals surface area contributed by atoms with Crippen molar-refractivity contribution in [3.63, 3.8) is 0 Å². The highest BCUT2D eigenvalue weighted by atomic mass is 16.6. The van der Waals surface area contributed by atoms with Crippen molar-refractivity contribution < 1.29 is 34.4 Å². The molecule has 2 aliphatic rings. The molecule has 11 heteroatoms. The van der Waals surface area contributed by atoms with Gasteiger partial charge in [-0.25, -0.2) is 4.79 Å². The Morgan fingerprint density at radius 1 is 1.25 bits per heavy atom. The lowest BCUT2D eigenvalue weighted by molar-refractivity contribution is -0.154. The second-order valence-corrected chi connectivity index (χ2v) is 8.24. The molecule has 0 aromatic carbocycles. The third-order valence-corrected chi connectivity index (χ3v) is 6.02. The molecule has 6 atom stereocenters. The number of nitrogens with one attached hydrogen (secondary N) is 1. The molecular weight excluding hydrogens is 422 g/mol. The summed E-state index contributed by atoms with van der Waals surface area (Å²) in [5, 5.41) is 31.8. The zero-order valence-electron chi connectivity index (χ0n) is 18.1. The molecule has 1 saturated carbocycles. The Kier molecular flexibility index (Phi) is 8.35. The number of carbonyl (C=O) groups excluding carboxylic acids is 2. The maximum absolute atomic E-state index is 12.8. The van der Waals surface area contributed by atoms with E-state index in [0.29, 0.717) is 19.4 Å². The first-order chi connectivity index (χ1) is 15.4. The molecule has 32 heavy (non-hydrogen) atoms. The van der Waals surface area contributed by atoms with Crippen LogP contribution in [0, 0.1) is 11.8 Å². The smallest absolute Gasteiger partial charge is 0.351 e. The van der Waals surface area contributed by atoms with Crippen LogP contribution in [0.2, 0.25) is 0 Å². The number of aliphatic hydroxyl groups excluding tert-OH is 3. The average Bonchev–Trinajstić information content (AvgIpc) is 3.07. The number of hydrogen-bond acceptors (Lipinski definition) is 9. The standard InChI is InChI=1S/C21H31N3O8/c1-2-3-10-31-20(29)13-7-5-4-6-12(13)18(28)22-15-8-9-24(21(30)23-15)19-17(27)16(26)14(11-25)32-19/h8-9,12-14,16-17,19,25-27H,2-7,10-11H2,1H3,(H,22,23,28,30)/t12?,13?,14-,16-,17+,19-/m1/s1. The molecule has 1 aromatic heterocycles. The van der Waals surface area contributed by atoms with Crippen molar-refractivity contribution in [3.8, 4) is 0 Å². The molecule has 178 valence electrons. The number of rotatable bonds is 8. The van der Waals surface area contributed by atoms with Crippen molar-refractivity contribution in [2.24, 2.45) is 11.8 Å². The van der Waals surface area contributed by atoms with E-state index >= 15 is 0 Å². The minimum absolute atomic E-state index is 0.00617. The van der Waals surface area contributed by atoms with E-state index in [4.69, 9.17) is 9.47 Å². The highest BCUT2D eigenvalue weighted by Crippen LogP contribution is 2.32. The first-order valence-corrected chi connectivity index (χ1v) is 11.1. The lowest BCUT2D eigenvalue weighted by Gasteiger charge is -2.28. The van der Waals surface area contributed by atoms with Gasteiger partial charge in [0.25, 0.3) is 0 Å². The summed E-state index contributed by atoms with van der Waals surface area (Å²) in [6.07, 6.45) is 0.713. The van der Waals surface area contributed by atoms with Gasteiger partial charge in [0.1, 0.15) is 24.1 Å². The fourth-order valence-electron chi connectivity index (χ4n) is 4.16. The minimum atomic E-state index is -1.42. The molecule has 1 saturated heterocycles. The van der Waals surface area contributed by atoms with Crippen LogP contribution in [0.3, 0.4) is 0 Å². The molecule has 4 N–H and O–H groups in total. The van der Waals surface area contributed by atoms with Crippen LogP contribution in [0.15, 0.2) is 17.1 Å². The highest BCUT2D eigenvalue weighted by molar-refractivity contribution is 5.94. The first kappa shape index (κ1) is 24.3. The molecule has 2 heterocycles. The summed E-state index contributed by atoms with van der Waals surface area (Å²) in [7, 11) is 0. The number of aliphatic hydroxyl groups is 3. The quantitative estimate of drug-likeness (QED) is 0.312. The van der Waals surface area contributed by atoms with Gasteiger partial charge in [0.15, 0.2) is 6.23 Å². The van der Waals surface area contributed by atoms with Gasteiger partial charge in [-0.1, -0.05) is 26.2 Å². The number of anilines is 1. The van der Waals surface area contributed by atoms with Crippen molar-refractivity contribution >= 4 is 17.7 Å². The molecule has 1 aliphatic heterocycles. The fraction of sp³-hybridized carbons (Fsp3) is 0.714. The van der Waals surface area contributed by atoms with E-state index in [-0.39, 0.29) is 11.8 Å². The zero-order chi connectivity index (χ0) is 23.3. The van der Waals surface area contributed by atoms with Crippen LogP contribution >= 0.6 is 0 Å². The van der Waals surface area contributed by atoms with Crippen molar-refractivity contribution in [2.75, 3.05) is 18.5 Å². The molecule has 0 spiro atoms. The minimum Gasteiger partial charge on any atom is -0.465 e. The third kappa shape index (κ3) is 5.34. The molecular formula is C21H31N3O8. The molecule has 11 nitrogen and oxygen atoms in total. The van der Waals surface area contributed by atoms with Crippen LogP contribution < -0.4 is 11.0 Å². The summed E-state index contributed by atoms with van der Waals surface area (Å²) in [6.45, 7) is 1.81. The van der Waals surface area contributed by atoms with Gasteiger partial charge < -0.3 is 30.1 Å². The van der Waals surface area contributed by atoms with E-state index in [0.717, 1.165) is 30.3 Å². The van der Waals surface area contributed by atoms with Crippen molar-refractivity contribution in [1.29, 1.82) is 0 Å². The Labute approximate surface area is 185 Å². The first-order valence-electron chi connectivity index (χ1n) is 11.1. The summed E-state index contributed by atoms with van der Waals surface area (Å²) in [6, 6.07) is 1.37. The van der Waals surface area contributed by atoms with Gasteiger partial charge in [0.05, 0.1) is 25.0 Å². The number of esters is 1. The summed E-state index contributed by atoms with van der Waals surface area (Å²) in [5.74, 6) is -1.86. The van der Waals surface area contributed by atoms with Gasteiger partial charge in [-0.3, -0.25) is 14.2 Å². The van der Waals surface area contributed by atoms with Gasteiger partial charge >= 0.3 is 11.7 Å². The second kappa shape index (κ2) is 11.0. The predicted octanol–water partition coefficient (Wildman–Crippen LogP) is -0.0570. The fourth-order valence-corrected chi connectivity index (χ4v) is 4.16. The number of hydrogen-bond donors (Lipinski definition) is 4. The molecule has 3 rings (SSSR count). The predicted molar refractivity (Wildman–Crippen MR) is 111 cm³/mol. The maximum Gasteiger partial charge on any atom is 0.351 e. The highest BCUT2D eigenvalue weighted by Gasteiger charge is 2.44. The van der Waals surface area contributed by atoms with E-state index < -0.39 is 54.6 Å². The summed E-state index contributed by atoms with van der Waals surface area (Å²) < 4.78 is 11.6. The lowest BCUT2D eigenvalue weighted by Crippen LogP contribution is -2.38. The second-order valence-electron chi connectivity index (χ2n) is 8.24.